The van der Waals surface area contributed by atoms with E-state index in [1.807, 2.05) is 13.0 Å². The molecular formula is C15H19N3O. The molecule has 2 aromatic rings. The van der Waals surface area contributed by atoms with Crippen molar-refractivity contribution in [3.8, 4) is 11.6 Å². The van der Waals surface area contributed by atoms with Crippen molar-refractivity contribution in [2.24, 2.45) is 0 Å². The Morgan fingerprint density at radius 1 is 1.21 bits per heavy atom. The summed E-state index contributed by atoms with van der Waals surface area (Å²) < 4.78 is 5.87. The highest BCUT2D eigenvalue weighted by Crippen LogP contribution is 2.27. The first-order valence-electron chi connectivity index (χ1n) is 6.42. The number of anilines is 1. The monoisotopic (exact) mass is 257 g/mol. The smallest absolute Gasteiger partial charge is 0.225 e. The van der Waals surface area contributed by atoms with E-state index in [4.69, 9.17) is 4.74 Å². The van der Waals surface area contributed by atoms with Crippen LogP contribution in [0.15, 0.2) is 24.4 Å². The van der Waals surface area contributed by atoms with Crippen molar-refractivity contribution >= 4 is 5.95 Å². The van der Waals surface area contributed by atoms with Crippen molar-refractivity contribution in [2.45, 2.75) is 27.7 Å². The molecule has 4 nitrogen and oxygen atoms in total. The highest BCUT2D eigenvalue weighted by atomic mass is 16.5. The minimum absolute atomic E-state index is 0.555. The molecule has 4 heteroatoms. The molecule has 0 amide bonds. The van der Waals surface area contributed by atoms with E-state index in [9.17, 15) is 0 Å². The first-order valence-corrected chi connectivity index (χ1v) is 6.42. The summed E-state index contributed by atoms with van der Waals surface area (Å²) in [6.45, 7) is 8.98. The van der Waals surface area contributed by atoms with Gasteiger partial charge in [-0.05, 0) is 50.5 Å². The summed E-state index contributed by atoms with van der Waals surface area (Å²) in [7, 11) is 0. The second-order valence-electron chi connectivity index (χ2n) is 4.56. The van der Waals surface area contributed by atoms with Gasteiger partial charge in [0.25, 0.3) is 0 Å². The molecule has 0 aliphatic rings. The van der Waals surface area contributed by atoms with Crippen molar-refractivity contribution in [3.63, 3.8) is 0 Å². The van der Waals surface area contributed by atoms with Crippen LogP contribution in [0.1, 0.15) is 23.6 Å². The molecule has 1 N–H and O–H groups in total. The number of hydrogen-bond donors (Lipinski definition) is 1. The van der Waals surface area contributed by atoms with Crippen LogP contribution in [0.2, 0.25) is 0 Å². The maximum Gasteiger partial charge on any atom is 0.225 e. The fourth-order valence-corrected chi connectivity index (χ4v) is 1.86. The Bertz CT molecular complexity index is 582. The molecule has 1 aromatic carbocycles. The Hall–Kier alpha value is -2.10. The first kappa shape index (κ1) is 13.3. The van der Waals surface area contributed by atoms with Crippen molar-refractivity contribution < 1.29 is 4.74 Å². The highest BCUT2D eigenvalue weighted by molar-refractivity contribution is 5.43. The molecule has 1 heterocycles. The maximum atomic E-state index is 5.87. The molecule has 0 bridgehead atoms. The van der Waals surface area contributed by atoms with Gasteiger partial charge >= 0.3 is 0 Å². The van der Waals surface area contributed by atoms with E-state index >= 15 is 0 Å². The fraction of sp³-hybridized carbons (Fsp3) is 0.333. The van der Waals surface area contributed by atoms with Gasteiger partial charge in [0.1, 0.15) is 5.75 Å². The van der Waals surface area contributed by atoms with Gasteiger partial charge in [-0.25, -0.2) is 4.98 Å². The lowest BCUT2D eigenvalue weighted by atomic mass is 10.1. The number of aryl methyl sites for hydroxylation is 2. The normalized spacial score (nSPS) is 10.3. The average Bonchev–Trinajstić information content (AvgIpc) is 2.36. The predicted octanol–water partition coefficient (Wildman–Crippen LogP) is 3.63. The molecule has 0 unspecified atom stereocenters. The lowest BCUT2D eigenvalue weighted by Crippen LogP contribution is -2.02. The van der Waals surface area contributed by atoms with Crippen molar-refractivity contribution in [2.75, 3.05) is 11.9 Å². The van der Waals surface area contributed by atoms with Crippen LogP contribution in [-0.2, 0) is 0 Å². The summed E-state index contributed by atoms with van der Waals surface area (Å²) in [5, 5.41) is 3.07. The van der Waals surface area contributed by atoms with Gasteiger partial charge < -0.3 is 10.1 Å². The maximum absolute atomic E-state index is 5.87. The van der Waals surface area contributed by atoms with Gasteiger partial charge in [-0.3, -0.25) is 0 Å². The molecule has 2 rings (SSSR count). The van der Waals surface area contributed by atoms with Gasteiger partial charge in [-0.15, -0.1) is 0 Å². The van der Waals surface area contributed by atoms with Gasteiger partial charge in [-0.1, -0.05) is 6.07 Å². The van der Waals surface area contributed by atoms with Crippen LogP contribution in [0.3, 0.4) is 0 Å². The zero-order chi connectivity index (χ0) is 13.8. The number of nitrogens with one attached hydrogen (secondary N) is 1. The standard InChI is InChI=1S/C15H19N3O/c1-5-16-15-17-7-6-14(18-15)19-13-9-10(2)8-11(3)12(13)4/h6-9H,5H2,1-4H3,(H,16,17,18). The average molecular weight is 257 g/mol. The number of hydrogen-bond acceptors (Lipinski definition) is 4. The van der Waals surface area contributed by atoms with Crippen molar-refractivity contribution in [3.05, 3.63) is 41.1 Å². The summed E-state index contributed by atoms with van der Waals surface area (Å²) in [4.78, 5) is 8.44. The van der Waals surface area contributed by atoms with Gasteiger partial charge in [0.2, 0.25) is 11.8 Å². The molecule has 0 aliphatic carbocycles. The van der Waals surface area contributed by atoms with E-state index in [2.05, 4.69) is 42.1 Å². The van der Waals surface area contributed by atoms with Gasteiger partial charge in [0.15, 0.2) is 0 Å². The van der Waals surface area contributed by atoms with Crippen LogP contribution >= 0.6 is 0 Å². The molecule has 0 atom stereocenters. The number of nitrogens with zero attached hydrogens (tertiary/aromatic N) is 2. The fourth-order valence-electron chi connectivity index (χ4n) is 1.86. The molecule has 100 valence electrons. The molecule has 0 radical (unpaired) electrons. The number of rotatable bonds is 4. The largest absolute Gasteiger partial charge is 0.439 e. The van der Waals surface area contributed by atoms with Crippen LogP contribution in [0.25, 0.3) is 0 Å². The van der Waals surface area contributed by atoms with E-state index in [0.717, 1.165) is 17.9 Å². The van der Waals surface area contributed by atoms with Crippen LogP contribution in [0.5, 0.6) is 11.6 Å². The van der Waals surface area contributed by atoms with E-state index < -0.39 is 0 Å². The van der Waals surface area contributed by atoms with E-state index in [1.54, 1.807) is 12.3 Å². The molecule has 0 spiro atoms. The summed E-state index contributed by atoms with van der Waals surface area (Å²) in [6, 6.07) is 5.93. The van der Waals surface area contributed by atoms with Crippen LogP contribution in [0.4, 0.5) is 5.95 Å². The van der Waals surface area contributed by atoms with E-state index in [0.29, 0.717) is 11.8 Å². The van der Waals surface area contributed by atoms with E-state index in [1.165, 1.54) is 11.1 Å². The lowest BCUT2D eigenvalue weighted by molar-refractivity contribution is 0.458. The number of aromatic nitrogens is 2. The Balaban J connectivity index is 2.28. The summed E-state index contributed by atoms with van der Waals surface area (Å²) in [5.41, 5.74) is 3.53. The minimum Gasteiger partial charge on any atom is -0.439 e. The third-order valence-corrected chi connectivity index (χ3v) is 2.94. The summed E-state index contributed by atoms with van der Waals surface area (Å²) >= 11 is 0. The minimum atomic E-state index is 0.555. The summed E-state index contributed by atoms with van der Waals surface area (Å²) in [6.07, 6.45) is 1.69. The van der Waals surface area contributed by atoms with Gasteiger partial charge in [0, 0.05) is 18.8 Å². The molecule has 1 aromatic heterocycles. The molecule has 19 heavy (non-hydrogen) atoms. The molecular weight excluding hydrogens is 238 g/mol. The highest BCUT2D eigenvalue weighted by Gasteiger charge is 2.07. The third kappa shape index (κ3) is 3.22. The molecule has 0 aliphatic heterocycles. The Labute approximate surface area is 113 Å². The number of ether oxygens (including phenoxy) is 1. The lowest BCUT2D eigenvalue weighted by Gasteiger charge is -2.11. The first-order chi connectivity index (χ1) is 9.10. The Morgan fingerprint density at radius 2 is 2.00 bits per heavy atom. The molecule has 0 fully saturated rings. The second kappa shape index (κ2) is 5.69. The topological polar surface area (TPSA) is 47.0 Å². The van der Waals surface area contributed by atoms with Gasteiger partial charge in [0.05, 0.1) is 0 Å². The number of benzene rings is 1. The van der Waals surface area contributed by atoms with Crippen LogP contribution in [-0.4, -0.2) is 16.5 Å². The summed E-state index contributed by atoms with van der Waals surface area (Å²) in [5.74, 6) is 1.99. The zero-order valence-corrected chi connectivity index (χ0v) is 11.8. The zero-order valence-electron chi connectivity index (χ0n) is 11.8. The quantitative estimate of drug-likeness (QED) is 0.908. The Kier molecular flexibility index (Phi) is 4.00. The van der Waals surface area contributed by atoms with E-state index in [-0.39, 0.29) is 0 Å². The third-order valence-electron chi connectivity index (χ3n) is 2.94. The predicted molar refractivity (Wildman–Crippen MR) is 76.9 cm³/mol. The SMILES string of the molecule is CCNc1nccc(Oc2cc(C)cc(C)c2C)n1. The van der Waals surface area contributed by atoms with Gasteiger partial charge in [-0.2, -0.15) is 4.98 Å². The van der Waals surface area contributed by atoms with Crippen LogP contribution < -0.4 is 10.1 Å². The van der Waals surface area contributed by atoms with Crippen molar-refractivity contribution in [1.82, 2.24) is 9.97 Å². The van der Waals surface area contributed by atoms with Crippen LogP contribution in [0, 0.1) is 20.8 Å². The van der Waals surface area contributed by atoms with Crippen molar-refractivity contribution in [1.29, 1.82) is 0 Å². The Morgan fingerprint density at radius 3 is 2.74 bits per heavy atom. The molecule has 0 saturated carbocycles. The second-order valence-corrected chi connectivity index (χ2v) is 4.56. The molecule has 0 saturated heterocycles.